The lowest BCUT2D eigenvalue weighted by atomic mass is 10.0. The van der Waals surface area contributed by atoms with Crippen LogP contribution in [0.15, 0.2) is 0 Å². The molecule has 0 radical (unpaired) electrons. The number of rotatable bonds is 3. The maximum Gasteiger partial charge on any atom is 0.218 e. The molecule has 17 heavy (non-hydrogen) atoms. The van der Waals surface area contributed by atoms with Crippen LogP contribution in [0.4, 0.5) is 4.39 Å². The molecule has 2 saturated heterocycles. The first kappa shape index (κ1) is 15.1. The number of hydrogen-bond donors (Lipinski definition) is 1. The summed E-state index contributed by atoms with van der Waals surface area (Å²) in [6.45, 7) is 2.01. The third-order valence-electron chi connectivity index (χ3n) is 3.59. The van der Waals surface area contributed by atoms with Crippen molar-refractivity contribution in [3.05, 3.63) is 0 Å². The van der Waals surface area contributed by atoms with E-state index in [1.165, 1.54) is 0 Å². The Morgan fingerprint density at radius 2 is 1.88 bits per heavy atom. The van der Waals surface area contributed by atoms with Gasteiger partial charge in [-0.15, -0.1) is 12.4 Å². The highest BCUT2D eigenvalue weighted by atomic mass is 35.5. The minimum atomic E-state index is -3.15. The topological polar surface area (TPSA) is 49.4 Å². The summed E-state index contributed by atoms with van der Waals surface area (Å²) in [4.78, 5) is 0. The highest BCUT2D eigenvalue weighted by Crippen LogP contribution is 2.23. The van der Waals surface area contributed by atoms with Crippen LogP contribution in [-0.4, -0.2) is 50.8 Å². The molecule has 0 aromatic carbocycles. The molecule has 0 aromatic heterocycles. The molecule has 2 aliphatic rings. The second-order valence-electron chi connectivity index (χ2n) is 4.66. The number of nitrogens with zero attached hydrogens (tertiary/aromatic N) is 1. The second-order valence-corrected chi connectivity index (χ2v) is 6.87. The summed E-state index contributed by atoms with van der Waals surface area (Å²) in [6.07, 6.45) is 2.02. The molecule has 4 nitrogen and oxygen atoms in total. The Hall–Kier alpha value is 0.0900. The first-order chi connectivity index (χ1) is 7.64. The number of halogens is 2. The van der Waals surface area contributed by atoms with Crippen LogP contribution in [0.3, 0.4) is 0 Å². The molecular formula is C10H20ClFN2O2S. The van der Waals surface area contributed by atoms with E-state index in [4.69, 9.17) is 0 Å². The number of hydrogen-bond acceptors (Lipinski definition) is 3. The molecule has 1 unspecified atom stereocenters. The number of alkyl halides is 1. The highest BCUT2D eigenvalue weighted by Gasteiger charge is 2.35. The van der Waals surface area contributed by atoms with Crippen molar-refractivity contribution in [2.24, 2.45) is 5.92 Å². The van der Waals surface area contributed by atoms with Crippen LogP contribution in [0.25, 0.3) is 0 Å². The van der Waals surface area contributed by atoms with Crippen LogP contribution in [0, 0.1) is 5.92 Å². The fraction of sp³-hybridized carbons (Fsp3) is 1.00. The predicted molar refractivity (Wildman–Crippen MR) is 67.7 cm³/mol. The lowest BCUT2D eigenvalue weighted by molar-refractivity contribution is 0.232. The van der Waals surface area contributed by atoms with Gasteiger partial charge in [-0.1, -0.05) is 0 Å². The average Bonchev–Trinajstić information content (AvgIpc) is 2.83. The van der Waals surface area contributed by atoms with Gasteiger partial charge in [-0.25, -0.2) is 12.7 Å². The standard InChI is InChI=1S/C10H19FN2O2S.ClH/c11-7-9-2-5-13(6-3-9)16(14,15)10-1-4-12-8-10;/h9-10,12H,1-8H2;1H. The summed E-state index contributed by atoms with van der Waals surface area (Å²) >= 11 is 0. The van der Waals surface area contributed by atoms with Gasteiger partial charge in [0.1, 0.15) is 0 Å². The maximum absolute atomic E-state index is 12.4. The van der Waals surface area contributed by atoms with Gasteiger partial charge >= 0.3 is 0 Å². The van der Waals surface area contributed by atoms with Crippen LogP contribution in [0.5, 0.6) is 0 Å². The minimum absolute atomic E-state index is 0. The maximum atomic E-state index is 12.4. The van der Waals surface area contributed by atoms with E-state index in [1.54, 1.807) is 4.31 Å². The first-order valence-electron chi connectivity index (χ1n) is 5.90. The molecule has 0 aliphatic carbocycles. The van der Waals surface area contributed by atoms with E-state index < -0.39 is 10.0 Å². The summed E-state index contributed by atoms with van der Waals surface area (Å²) in [5.74, 6) is 0.0631. The molecule has 0 saturated carbocycles. The Balaban J connectivity index is 0.00000144. The van der Waals surface area contributed by atoms with Gasteiger partial charge in [-0.05, 0) is 31.7 Å². The average molecular weight is 287 g/mol. The molecule has 0 amide bonds. The molecule has 0 aromatic rings. The highest BCUT2D eigenvalue weighted by molar-refractivity contribution is 7.89. The van der Waals surface area contributed by atoms with Gasteiger partial charge in [0.2, 0.25) is 10.0 Å². The zero-order valence-corrected chi connectivity index (χ0v) is 11.4. The molecule has 2 rings (SSSR count). The molecule has 2 heterocycles. The number of nitrogens with one attached hydrogen (secondary N) is 1. The second kappa shape index (κ2) is 6.31. The Labute approximate surface area is 108 Å². The first-order valence-corrected chi connectivity index (χ1v) is 7.40. The van der Waals surface area contributed by atoms with Gasteiger partial charge in [-0.3, -0.25) is 4.39 Å². The molecule has 7 heteroatoms. The van der Waals surface area contributed by atoms with E-state index in [0.29, 0.717) is 38.9 Å². The van der Waals surface area contributed by atoms with Crippen LogP contribution in [-0.2, 0) is 10.0 Å². The SMILES string of the molecule is Cl.O=S(=O)(C1CCNC1)N1CCC(CF)CC1. The van der Waals surface area contributed by atoms with Crippen LogP contribution < -0.4 is 5.32 Å². The van der Waals surface area contributed by atoms with Gasteiger partial charge in [0.15, 0.2) is 0 Å². The van der Waals surface area contributed by atoms with Crippen LogP contribution >= 0.6 is 12.4 Å². The lowest BCUT2D eigenvalue weighted by Crippen LogP contribution is -2.44. The van der Waals surface area contributed by atoms with Crippen molar-refractivity contribution in [2.45, 2.75) is 24.5 Å². The largest absolute Gasteiger partial charge is 0.315 e. The molecule has 2 aliphatic heterocycles. The Kier molecular flexibility index (Phi) is 5.63. The van der Waals surface area contributed by atoms with Gasteiger partial charge < -0.3 is 5.32 Å². The van der Waals surface area contributed by atoms with E-state index in [1.807, 2.05) is 0 Å². The van der Waals surface area contributed by atoms with Crippen molar-refractivity contribution in [3.63, 3.8) is 0 Å². The molecule has 2 fully saturated rings. The fourth-order valence-corrected chi connectivity index (χ4v) is 4.30. The molecule has 0 bridgehead atoms. The van der Waals surface area contributed by atoms with Gasteiger partial charge in [0, 0.05) is 19.6 Å². The third-order valence-corrected chi connectivity index (χ3v) is 5.92. The monoisotopic (exact) mass is 286 g/mol. The van der Waals surface area contributed by atoms with E-state index in [0.717, 1.165) is 6.54 Å². The normalized spacial score (nSPS) is 27.9. The Morgan fingerprint density at radius 3 is 2.35 bits per heavy atom. The van der Waals surface area contributed by atoms with E-state index in [-0.39, 0.29) is 30.2 Å². The fourth-order valence-electron chi connectivity index (χ4n) is 2.41. The van der Waals surface area contributed by atoms with Crippen molar-refractivity contribution in [1.82, 2.24) is 9.62 Å². The minimum Gasteiger partial charge on any atom is -0.315 e. The van der Waals surface area contributed by atoms with Gasteiger partial charge in [-0.2, -0.15) is 0 Å². The zero-order chi connectivity index (χ0) is 11.6. The van der Waals surface area contributed by atoms with Crippen LogP contribution in [0.2, 0.25) is 0 Å². The third kappa shape index (κ3) is 3.30. The Bertz CT molecular complexity index is 325. The van der Waals surface area contributed by atoms with Gasteiger partial charge in [0.25, 0.3) is 0 Å². The van der Waals surface area contributed by atoms with Crippen molar-refractivity contribution in [2.75, 3.05) is 32.9 Å². The summed E-state index contributed by atoms with van der Waals surface area (Å²) in [5, 5.41) is 2.80. The summed E-state index contributed by atoms with van der Waals surface area (Å²) < 4.78 is 38.3. The molecular weight excluding hydrogens is 267 g/mol. The molecule has 1 N–H and O–H groups in total. The quantitative estimate of drug-likeness (QED) is 0.834. The van der Waals surface area contributed by atoms with Crippen molar-refractivity contribution < 1.29 is 12.8 Å². The Morgan fingerprint density at radius 1 is 1.24 bits per heavy atom. The summed E-state index contributed by atoms with van der Waals surface area (Å²) in [5.41, 5.74) is 0. The van der Waals surface area contributed by atoms with Crippen LogP contribution in [0.1, 0.15) is 19.3 Å². The zero-order valence-electron chi connectivity index (χ0n) is 9.77. The smallest absolute Gasteiger partial charge is 0.218 e. The summed E-state index contributed by atoms with van der Waals surface area (Å²) in [7, 11) is -3.15. The summed E-state index contributed by atoms with van der Waals surface area (Å²) in [6, 6.07) is 0. The van der Waals surface area contributed by atoms with Crippen molar-refractivity contribution in [1.29, 1.82) is 0 Å². The molecule has 0 spiro atoms. The van der Waals surface area contributed by atoms with E-state index in [2.05, 4.69) is 5.32 Å². The lowest BCUT2D eigenvalue weighted by Gasteiger charge is -2.31. The molecule has 1 atom stereocenters. The predicted octanol–water partition coefficient (Wildman–Crippen LogP) is 0.781. The van der Waals surface area contributed by atoms with Crippen molar-refractivity contribution in [3.8, 4) is 0 Å². The molecule has 102 valence electrons. The van der Waals surface area contributed by atoms with E-state index in [9.17, 15) is 12.8 Å². The number of piperidine rings is 1. The van der Waals surface area contributed by atoms with E-state index >= 15 is 0 Å². The van der Waals surface area contributed by atoms with Crippen molar-refractivity contribution >= 4 is 22.4 Å². The number of sulfonamides is 1. The van der Waals surface area contributed by atoms with Gasteiger partial charge in [0.05, 0.1) is 11.9 Å².